The lowest BCUT2D eigenvalue weighted by Gasteiger charge is -2.34. The molecule has 0 amide bonds. The fourth-order valence-corrected chi connectivity index (χ4v) is 5.30. The summed E-state index contributed by atoms with van der Waals surface area (Å²) < 4.78 is 6.40. The lowest BCUT2D eigenvalue weighted by atomic mass is 9.78. The van der Waals surface area contributed by atoms with Crippen LogP contribution < -0.4 is 14.7 Å². The zero-order valence-corrected chi connectivity index (χ0v) is 20.5. The Bertz CT molecular complexity index is 1180. The molecule has 0 spiro atoms. The van der Waals surface area contributed by atoms with Crippen LogP contribution in [-0.2, 0) is 10.3 Å². The Morgan fingerprint density at radius 3 is 2.06 bits per heavy atom. The standard InChI is InChI=1S/C29H33N3O2/c1-30(2)24-19-25-27(26(20-24)31(3)4)29(34-28(25)33,21-11-7-5-8-12-21)22-13-15-23(16-14-22)32-17-9-6-10-18-32/h5,7-8,11-16,19-20H,6,9-10,17-18H2,1-4H3. The van der Waals surface area contributed by atoms with Crippen molar-refractivity contribution in [3.63, 3.8) is 0 Å². The largest absolute Gasteiger partial charge is 0.440 e. The Labute approximate surface area is 202 Å². The Morgan fingerprint density at radius 1 is 0.794 bits per heavy atom. The van der Waals surface area contributed by atoms with Crippen LogP contribution in [0.3, 0.4) is 0 Å². The van der Waals surface area contributed by atoms with Crippen LogP contribution in [0.1, 0.15) is 46.3 Å². The van der Waals surface area contributed by atoms with Crippen molar-refractivity contribution in [2.75, 3.05) is 56.0 Å². The molecule has 3 aromatic carbocycles. The molecule has 5 rings (SSSR count). The fourth-order valence-electron chi connectivity index (χ4n) is 5.30. The zero-order valence-electron chi connectivity index (χ0n) is 20.5. The first-order valence-electron chi connectivity index (χ1n) is 12.1. The fraction of sp³-hybridized carbons (Fsp3) is 0.345. The van der Waals surface area contributed by atoms with Gasteiger partial charge in [-0.2, -0.15) is 0 Å². The molecule has 5 nitrogen and oxygen atoms in total. The van der Waals surface area contributed by atoms with E-state index in [9.17, 15) is 4.79 Å². The molecule has 2 aliphatic rings. The highest BCUT2D eigenvalue weighted by molar-refractivity contribution is 6.00. The normalized spacial score (nSPS) is 19.5. The topological polar surface area (TPSA) is 36.0 Å². The molecule has 34 heavy (non-hydrogen) atoms. The van der Waals surface area contributed by atoms with Crippen molar-refractivity contribution in [3.8, 4) is 0 Å². The van der Waals surface area contributed by atoms with Gasteiger partial charge in [0, 0.05) is 75.0 Å². The van der Waals surface area contributed by atoms with Gasteiger partial charge < -0.3 is 19.4 Å². The van der Waals surface area contributed by atoms with Crippen LogP contribution in [0.5, 0.6) is 0 Å². The molecule has 1 atom stereocenters. The monoisotopic (exact) mass is 455 g/mol. The van der Waals surface area contributed by atoms with Gasteiger partial charge in [-0.05, 0) is 43.5 Å². The predicted octanol–water partition coefficient (Wildman–Crippen LogP) is 5.27. The van der Waals surface area contributed by atoms with Gasteiger partial charge >= 0.3 is 5.97 Å². The smallest absolute Gasteiger partial charge is 0.340 e. The first kappa shape index (κ1) is 22.3. The third-order valence-corrected chi connectivity index (χ3v) is 7.09. The van der Waals surface area contributed by atoms with Gasteiger partial charge in [0.25, 0.3) is 0 Å². The van der Waals surface area contributed by atoms with Crippen LogP contribution in [0.2, 0.25) is 0 Å². The second-order valence-electron chi connectivity index (χ2n) is 9.71. The van der Waals surface area contributed by atoms with E-state index in [0.717, 1.165) is 41.2 Å². The van der Waals surface area contributed by atoms with Crippen molar-refractivity contribution in [3.05, 3.63) is 89.0 Å². The Morgan fingerprint density at radius 2 is 1.44 bits per heavy atom. The molecule has 176 valence electrons. The third kappa shape index (κ3) is 3.60. The van der Waals surface area contributed by atoms with Crippen LogP contribution in [0.25, 0.3) is 0 Å². The maximum atomic E-state index is 13.4. The van der Waals surface area contributed by atoms with Gasteiger partial charge in [0.1, 0.15) is 0 Å². The van der Waals surface area contributed by atoms with Crippen LogP contribution in [0.15, 0.2) is 66.7 Å². The lowest BCUT2D eigenvalue weighted by Crippen LogP contribution is -2.32. The van der Waals surface area contributed by atoms with Crippen molar-refractivity contribution in [2.45, 2.75) is 24.9 Å². The summed E-state index contributed by atoms with van der Waals surface area (Å²) in [4.78, 5) is 20.0. The molecule has 3 aromatic rings. The van der Waals surface area contributed by atoms with Crippen LogP contribution in [0.4, 0.5) is 17.1 Å². The number of anilines is 3. The maximum Gasteiger partial charge on any atom is 0.340 e. The molecule has 2 aliphatic heterocycles. The summed E-state index contributed by atoms with van der Waals surface area (Å²) in [7, 11) is 8.02. The molecule has 5 heteroatoms. The van der Waals surface area contributed by atoms with Crippen molar-refractivity contribution >= 4 is 23.0 Å². The lowest BCUT2D eigenvalue weighted by molar-refractivity contribution is 0.0252. The molecular weight excluding hydrogens is 422 g/mol. The Hall–Kier alpha value is -3.47. The number of rotatable bonds is 5. The van der Waals surface area contributed by atoms with Crippen LogP contribution in [-0.4, -0.2) is 47.2 Å². The number of carbonyl (C=O) groups is 1. The number of fused-ring (bicyclic) bond motifs is 1. The van der Waals surface area contributed by atoms with Crippen LogP contribution >= 0.6 is 0 Å². The molecule has 0 aromatic heterocycles. The minimum Gasteiger partial charge on any atom is -0.440 e. The van der Waals surface area contributed by atoms with Gasteiger partial charge in [-0.1, -0.05) is 42.5 Å². The summed E-state index contributed by atoms with van der Waals surface area (Å²) in [6.07, 6.45) is 3.78. The molecule has 0 aliphatic carbocycles. The van der Waals surface area contributed by atoms with E-state index in [2.05, 4.69) is 52.3 Å². The molecular formula is C29H33N3O2. The summed E-state index contributed by atoms with van der Waals surface area (Å²) in [5, 5.41) is 0. The first-order valence-corrected chi connectivity index (χ1v) is 12.1. The molecule has 2 heterocycles. The molecule has 0 bridgehead atoms. The number of hydrogen-bond acceptors (Lipinski definition) is 5. The summed E-state index contributed by atoms with van der Waals surface area (Å²) in [5.41, 5.74) is 5.63. The highest BCUT2D eigenvalue weighted by Gasteiger charge is 2.50. The number of cyclic esters (lactones) is 1. The van der Waals surface area contributed by atoms with Crippen LogP contribution in [0, 0.1) is 0 Å². The minimum atomic E-state index is -1.00. The Kier molecular flexibility index (Phi) is 5.72. The van der Waals surface area contributed by atoms with Gasteiger partial charge in [-0.25, -0.2) is 4.79 Å². The van der Waals surface area contributed by atoms with E-state index >= 15 is 0 Å². The third-order valence-electron chi connectivity index (χ3n) is 7.09. The molecule has 0 radical (unpaired) electrons. The number of nitrogens with zero attached hydrogens (tertiary/aromatic N) is 3. The zero-order chi connectivity index (χ0) is 23.9. The minimum absolute atomic E-state index is 0.286. The van der Waals surface area contributed by atoms with E-state index in [0.29, 0.717) is 5.56 Å². The number of piperidine rings is 1. The second kappa shape index (κ2) is 8.71. The number of ether oxygens (including phenoxy) is 1. The summed E-state index contributed by atoms with van der Waals surface area (Å²) in [5.74, 6) is -0.286. The second-order valence-corrected chi connectivity index (χ2v) is 9.71. The highest BCUT2D eigenvalue weighted by Crippen LogP contribution is 2.51. The SMILES string of the molecule is CN(C)c1cc2c(c(N(C)C)c1)C(c1ccccc1)(c1ccc(N3CCCCC3)cc1)OC2=O. The van der Waals surface area contributed by atoms with Gasteiger partial charge in [0.05, 0.1) is 5.56 Å². The van der Waals surface area contributed by atoms with E-state index in [1.54, 1.807) is 0 Å². The summed E-state index contributed by atoms with van der Waals surface area (Å²) >= 11 is 0. The molecule has 1 unspecified atom stereocenters. The van der Waals surface area contributed by atoms with Gasteiger partial charge in [0.15, 0.2) is 5.60 Å². The molecule has 1 fully saturated rings. The number of benzene rings is 3. The number of hydrogen-bond donors (Lipinski definition) is 0. The quantitative estimate of drug-likeness (QED) is 0.490. The maximum absolute atomic E-state index is 13.4. The van der Waals surface area contributed by atoms with Crippen molar-refractivity contribution < 1.29 is 9.53 Å². The molecule has 1 saturated heterocycles. The van der Waals surface area contributed by atoms with E-state index in [4.69, 9.17) is 4.74 Å². The molecule has 0 N–H and O–H groups in total. The predicted molar refractivity (Wildman–Crippen MR) is 139 cm³/mol. The van der Waals surface area contributed by atoms with E-state index in [1.165, 1.54) is 24.9 Å². The van der Waals surface area contributed by atoms with Gasteiger partial charge in [0.2, 0.25) is 0 Å². The average Bonchev–Trinajstić information content (AvgIpc) is 3.18. The van der Waals surface area contributed by atoms with Gasteiger partial charge in [-0.15, -0.1) is 0 Å². The first-order chi connectivity index (χ1) is 16.4. The van der Waals surface area contributed by atoms with Gasteiger partial charge in [-0.3, -0.25) is 0 Å². The summed E-state index contributed by atoms with van der Waals surface area (Å²) in [6.45, 7) is 2.19. The van der Waals surface area contributed by atoms with Crippen molar-refractivity contribution in [1.82, 2.24) is 0 Å². The van der Waals surface area contributed by atoms with Crippen molar-refractivity contribution in [2.24, 2.45) is 0 Å². The number of esters is 1. The number of carbonyl (C=O) groups excluding carboxylic acids is 1. The highest BCUT2D eigenvalue weighted by atomic mass is 16.6. The van der Waals surface area contributed by atoms with E-state index < -0.39 is 5.60 Å². The van der Waals surface area contributed by atoms with Crippen molar-refractivity contribution in [1.29, 1.82) is 0 Å². The average molecular weight is 456 g/mol. The Balaban J connectivity index is 1.73. The van der Waals surface area contributed by atoms with E-state index in [1.807, 2.05) is 57.4 Å². The van der Waals surface area contributed by atoms with E-state index in [-0.39, 0.29) is 5.97 Å². The summed E-state index contributed by atoms with van der Waals surface area (Å²) in [6, 6.07) is 22.9. The molecule has 0 saturated carbocycles.